The molecule has 0 bridgehead atoms. The SMILES string of the molecule is Cc1ccc(C2CCCCCCC2)c2ccnnc12. The molecule has 0 N–H and O–H groups in total. The molecule has 0 atom stereocenters. The summed E-state index contributed by atoms with van der Waals surface area (Å²) in [5.74, 6) is 0.715. The summed E-state index contributed by atoms with van der Waals surface area (Å²) < 4.78 is 0. The van der Waals surface area contributed by atoms with Gasteiger partial charge < -0.3 is 0 Å². The first kappa shape index (κ1) is 12.6. The molecule has 2 heteroatoms. The number of nitrogens with zero attached hydrogens (tertiary/aromatic N) is 2. The van der Waals surface area contributed by atoms with Gasteiger partial charge >= 0.3 is 0 Å². The van der Waals surface area contributed by atoms with Gasteiger partial charge in [0.05, 0.1) is 11.7 Å². The largest absolute Gasteiger partial charge is 0.159 e. The van der Waals surface area contributed by atoms with Crippen molar-refractivity contribution in [3.8, 4) is 0 Å². The normalized spacial score (nSPS) is 18.2. The van der Waals surface area contributed by atoms with Crippen LogP contribution in [0.5, 0.6) is 0 Å². The van der Waals surface area contributed by atoms with E-state index in [9.17, 15) is 0 Å². The maximum atomic E-state index is 4.33. The highest BCUT2D eigenvalue weighted by Crippen LogP contribution is 2.35. The predicted octanol–water partition coefficient (Wildman–Crippen LogP) is 4.77. The molecule has 100 valence electrons. The quantitative estimate of drug-likeness (QED) is 0.732. The van der Waals surface area contributed by atoms with Gasteiger partial charge in [-0.25, -0.2) is 0 Å². The maximum Gasteiger partial charge on any atom is 0.0961 e. The van der Waals surface area contributed by atoms with E-state index in [1.807, 2.05) is 6.20 Å². The second kappa shape index (κ2) is 5.68. The van der Waals surface area contributed by atoms with Gasteiger partial charge in [0.1, 0.15) is 0 Å². The molecule has 1 heterocycles. The topological polar surface area (TPSA) is 25.8 Å². The first-order valence-corrected chi connectivity index (χ1v) is 7.57. The van der Waals surface area contributed by atoms with Crippen LogP contribution in [0.15, 0.2) is 24.4 Å². The van der Waals surface area contributed by atoms with Crippen molar-refractivity contribution in [2.45, 2.75) is 57.8 Å². The summed E-state index contributed by atoms with van der Waals surface area (Å²) in [6.07, 6.45) is 11.5. The monoisotopic (exact) mass is 254 g/mol. The van der Waals surface area contributed by atoms with Crippen LogP contribution in [-0.2, 0) is 0 Å². The summed E-state index contributed by atoms with van der Waals surface area (Å²) in [5.41, 5.74) is 3.82. The molecule has 0 saturated heterocycles. The highest BCUT2D eigenvalue weighted by atomic mass is 15.1. The zero-order valence-corrected chi connectivity index (χ0v) is 11.7. The molecule has 0 radical (unpaired) electrons. The molecular formula is C17H22N2. The molecule has 2 nitrogen and oxygen atoms in total. The van der Waals surface area contributed by atoms with Crippen molar-refractivity contribution >= 4 is 10.9 Å². The van der Waals surface area contributed by atoms with Gasteiger partial charge in [-0.15, -0.1) is 0 Å². The van der Waals surface area contributed by atoms with Crippen LogP contribution in [0.4, 0.5) is 0 Å². The molecule has 1 aliphatic rings. The fraction of sp³-hybridized carbons (Fsp3) is 0.529. The third-order valence-electron chi connectivity index (χ3n) is 4.46. The van der Waals surface area contributed by atoms with Crippen molar-refractivity contribution < 1.29 is 0 Å². The smallest absolute Gasteiger partial charge is 0.0961 e. The number of rotatable bonds is 1. The van der Waals surface area contributed by atoms with Gasteiger partial charge in [-0.05, 0) is 42.9 Å². The van der Waals surface area contributed by atoms with Crippen LogP contribution < -0.4 is 0 Å². The Morgan fingerprint density at radius 2 is 1.68 bits per heavy atom. The first-order chi connectivity index (χ1) is 9.36. The Morgan fingerprint density at radius 1 is 0.947 bits per heavy atom. The van der Waals surface area contributed by atoms with Crippen LogP contribution in [0.25, 0.3) is 10.9 Å². The summed E-state index contributed by atoms with van der Waals surface area (Å²) in [6, 6.07) is 6.68. The Bertz CT molecular complexity index is 554. The van der Waals surface area contributed by atoms with Crippen LogP contribution in [0.1, 0.15) is 62.0 Å². The van der Waals surface area contributed by atoms with Gasteiger partial charge in [0.2, 0.25) is 0 Å². The van der Waals surface area contributed by atoms with Gasteiger partial charge in [0, 0.05) is 5.39 Å². The van der Waals surface area contributed by atoms with Crippen molar-refractivity contribution in [2.24, 2.45) is 0 Å². The lowest BCUT2D eigenvalue weighted by Gasteiger charge is -2.21. The Hall–Kier alpha value is -1.44. The van der Waals surface area contributed by atoms with E-state index in [-0.39, 0.29) is 0 Å². The summed E-state index contributed by atoms with van der Waals surface area (Å²) in [7, 11) is 0. The minimum absolute atomic E-state index is 0.715. The average Bonchev–Trinajstić information content (AvgIpc) is 2.40. The molecule has 1 aromatic carbocycles. The van der Waals surface area contributed by atoms with Crippen molar-refractivity contribution in [1.29, 1.82) is 0 Å². The van der Waals surface area contributed by atoms with E-state index < -0.39 is 0 Å². The Morgan fingerprint density at radius 3 is 2.47 bits per heavy atom. The van der Waals surface area contributed by atoms with E-state index in [1.165, 1.54) is 61.5 Å². The van der Waals surface area contributed by atoms with E-state index in [2.05, 4.69) is 35.3 Å². The van der Waals surface area contributed by atoms with Crippen LogP contribution in [0.3, 0.4) is 0 Å². The molecule has 0 amide bonds. The third-order valence-corrected chi connectivity index (χ3v) is 4.46. The number of hydrogen-bond acceptors (Lipinski definition) is 2. The van der Waals surface area contributed by atoms with Crippen LogP contribution >= 0.6 is 0 Å². The zero-order chi connectivity index (χ0) is 13.1. The molecule has 2 aromatic rings. The van der Waals surface area contributed by atoms with Gasteiger partial charge in [-0.3, -0.25) is 0 Å². The maximum absolute atomic E-state index is 4.33. The highest BCUT2D eigenvalue weighted by molar-refractivity contribution is 5.84. The Balaban J connectivity index is 2.01. The van der Waals surface area contributed by atoms with Gasteiger partial charge in [-0.1, -0.05) is 44.2 Å². The number of hydrogen-bond donors (Lipinski definition) is 0. The van der Waals surface area contributed by atoms with Crippen LogP contribution in [0.2, 0.25) is 0 Å². The number of aromatic nitrogens is 2. The van der Waals surface area contributed by atoms with Crippen LogP contribution in [0, 0.1) is 6.92 Å². The van der Waals surface area contributed by atoms with Gasteiger partial charge in [-0.2, -0.15) is 10.2 Å². The molecule has 1 fully saturated rings. The summed E-state index contributed by atoms with van der Waals surface area (Å²) in [4.78, 5) is 0. The molecule has 1 aliphatic carbocycles. The Kier molecular flexibility index (Phi) is 3.77. The van der Waals surface area contributed by atoms with E-state index in [1.54, 1.807) is 0 Å². The minimum Gasteiger partial charge on any atom is -0.159 e. The minimum atomic E-state index is 0.715. The van der Waals surface area contributed by atoms with E-state index in [4.69, 9.17) is 0 Å². The highest BCUT2D eigenvalue weighted by Gasteiger charge is 2.16. The second-order valence-electron chi connectivity index (χ2n) is 5.81. The Labute approximate surface area is 115 Å². The fourth-order valence-corrected chi connectivity index (χ4v) is 3.36. The summed E-state index contributed by atoms with van der Waals surface area (Å²) in [5, 5.41) is 9.69. The van der Waals surface area contributed by atoms with E-state index >= 15 is 0 Å². The molecule has 0 spiro atoms. The first-order valence-electron chi connectivity index (χ1n) is 7.57. The molecule has 0 aliphatic heterocycles. The molecular weight excluding hydrogens is 232 g/mol. The lowest BCUT2D eigenvalue weighted by molar-refractivity contribution is 0.457. The fourth-order valence-electron chi connectivity index (χ4n) is 3.36. The third kappa shape index (κ3) is 2.63. The zero-order valence-electron chi connectivity index (χ0n) is 11.7. The van der Waals surface area contributed by atoms with E-state index in [0.29, 0.717) is 5.92 Å². The summed E-state index contributed by atoms with van der Waals surface area (Å²) in [6.45, 7) is 2.12. The summed E-state index contributed by atoms with van der Waals surface area (Å²) >= 11 is 0. The lowest BCUT2D eigenvalue weighted by Crippen LogP contribution is -2.04. The molecule has 0 unspecified atom stereocenters. The average molecular weight is 254 g/mol. The van der Waals surface area contributed by atoms with Crippen LogP contribution in [-0.4, -0.2) is 10.2 Å². The van der Waals surface area contributed by atoms with Crippen molar-refractivity contribution in [3.05, 3.63) is 35.5 Å². The number of aryl methyl sites for hydroxylation is 1. The second-order valence-corrected chi connectivity index (χ2v) is 5.81. The van der Waals surface area contributed by atoms with Crippen molar-refractivity contribution in [3.63, 3.8) is 0 Å². The number of benzene rings is 1. The molecule has 1 aromatic heterocycles. The predicted molar refractivity (Wildman–Crippen MR) is 79.3 cm³/mol. The van der Waals surface area contributed by atoms with Gasteiger partial charge in [0.15, 0.2) is 0 Å². The number of fused-ring (bicyclic) bond motifs is 1. The standard InChI is InChI=1S/C17H22N2/c1-13-9-10-15(16-11-12-18-19-17(13)16)14-7-5-3-2-4-6-8-14/h9-12,14H,2-8H2,1H3. The molecule has 3 rings (SSSR count). The van der Waals surface area contributed by atoms with Gasteiger partial charge in [0.25, 0.3) is 0 Å². The van der Waals surface area contributed by atoms with Crippen molar-refractivity contribution in [1.82, 2.24) is 10.2 Å². The van der Waals surface area contributed by atoms with E-state index in [0.717, 1.165) is 5.52 Å². The lowest BCUT2D eigenvalue weighted by atomic mass is 9.84. The van der Waals surface area contributed by atoms with Crippen molar-refractivity contribution in [2.75, 3.05) is 0 Å². The molecule has 1 saturated carbocycles. The molecule has 19 heavy (non-hydrogen) atoms.